The number of rotatable bonds is 6. The van der Waals surface area contributed by atoms with E-state index < -0.39 is 0 Å². The Bertz CT molecular complexity index is 956. The number of likely N-dealkylation sites (N-methyl/N-ethyl adjacent to an activating group) is 1. The minimum atomic E-state index is -0.138. The second-order valence-corrected chi connectivity index (χ2v) is 8.44. The lowest BCUT2D eigenvalue weighted by molar-refractivity contribution is 0.105. The molecule has 3 aromatic rings. The number of hydrogen-bond acceptors (Lipinski definition) is 6. The van der Waals surface area contributed by atoms with Gasteiger partial charge in [0, 0.05) is 37.8 Å². The molecule has 0 N–H and O–H groups in total. The summed E-state index contributed by atoms with van der Waals surface area (Å²) in [7, 11) is 0. The standard InChI is InChI=1S/C22H31N7/c1-5-22(3,4)29-21(24-25-26-29)20(28-14-12-27(6-2)13-15-28)18-9-10-19-17(16-18)8-7-11-23-19/h7-11,16,20H,5-6,12-15H2,1-4H3/t20-/m1/s1. The molecule has 29 heavy (non-hydrogen) atoms. The first-order valence-electron chi connectivity index (χ1n) is 10.6. The summed E-state index contributed by atoms with van der Waals surface area (Å²) in [6.07, 6.45) is 2.80. The predicted molar refractivity (Wildman–Crippen MR) is 115 cm³/mol. The van der Waals surface area contributed by atoms with Gasteiger partial charge in [-0.05, 0) is 61.0 Å². The van der Waals surface area contributed by atoms with Gasteiger partial charge in [-0.15, -0.1) is 5.10 Å². The van der Waals surface area contributed by atoms with Gasteiger partial charge in [-0.3, -0.25) is 9.88 Å². The van der Waals surface area contributed by atoms with Crippen LogP contribution in [-0.4, -0.2) is 67.7 Å². The monoisotopic (exact) mass is 393 g/mol. The molecule has 0 unspecified atom stereocenters. The highest BCUT2D eigenvalue weighted by Gasteiger charge is 2.34. The first-order chi connectivity index (χ1) is 14.0. The van der Waals surface area contributed by atoms with E-state index in [9.17, 15) is 0 Å². The van der Waals surface area contributed by atoms with E-state index in [2.05, 4.69) is 82.3 Å². The zero-order chi connectivity index (χ0) is 20.4. The molecule has 1 aliphatic heterocycles. The molecule has 0 amide bonds. The molecule has 2 aromatic heterocycles. The fourth-order valence-electron chi connectivity index (χ4n) is 4.07. The lowest BCUT2D eigenvalue weighted by Crippen LogP contribution is -2.48. The first kappa shape index (κ1) is 19.9. The average molecular weight is 394 g/mol. The topological polar surface area (TPSA) is 63.0 Å². The number of benzene rings is 1. The molecule has 1 atom stereocenters. The molecule has 0 spiro atoms. The Balaban J connectivity index is 1.79. The average Bonchev–Trinajstić information content (AvgIpc) is 3.25. The van der Waals surface area contributed by atoms with Gasteiger partial charge in [-0.1, -0.05) is 26.0 Å². The van der Waals surface area contributed by atoms with Gasteiger partial charge in [0.15, 0.2) is 5.82 Å². The quantitative estimate of drug-likeness (QED) is 0.641. The number of pyridine rings is 1. The van der Waals surface area contributed by atoms with Gasteiger partial charge in [-0.2, -0.15) is 0 Å². The maximum atomic E-state index is 4.53. The fraction of sp³-hybridized carbons (Fsp3) is 0.545. The highest BCUT2D eigenvalue weighted by Crippen LogP contribution is 2.32. The van der Waals surface area contributed by atoms with Crippen LogP contribution in [0.2, 0.25) is 0 Å². The Hall–Kier alpha value is -2.38. The van der Waals surface area contributed by atoms with Crippen LogP contribution < -0.4 is 0 Å². The van der Waals surface area contributed by atoms with Gasteiger partial charge >= 0.3 is 0 Å². The second kappa shape index (κ2) is 8.16. The van der Waals surface area contributed by atoms with E-state index in [0.29, 0.717) is 0 Å². The lowest BCUT2D eigenvalue weighted by Gasteiger charge is -2.39. The summed E-state index contributed by atoms with van der Waals surface area (Å²) in [6.45, 7) is 14.1. The maximum Gasteiger partial charge on any atom is 0.173 e. The summed E-state index contributed by atoms with van der Waals surface area (Å²) in [5.41, 5.74) is 2.10. The lowest BCUT2D eigenvalue weighted by atomic mass is 9.98. The van der Waals surface area contributed by atoms with Crippen molar-refractivity contribution in [1.82, 2.24) is 35.0 Å². The van der Waals surface area contributed by atoms with E-state index in [1.54, 1.807) is 0 Å². The summed E-state index contributed by atoms with van der Waals surface area (Å²) >= 11 is 0. The van der Waals surface area contributed by atoms with Gasteiger partial charge in [0.1, 0.15) is 0 Å². The second-order valence-electron chi connectivity index (χ2n) is 8.44. The van der Waals surface area contributed by atoms with Crippen LogP contribution in [0.4, 0.5) is 0 Å². The third-order valence-electron chi connectivity index (χ3n) is 6.34. The molecule has 1 saturated heterocycles. The number of nitrogens with zero attached hydrogens (tertiary/aromatic N) is 7. The molecule has 1 aliphatic rings. The van der Waals surface area contributed by atoms with Crippen LogP contribution in [0.15, 0.2) is 36.5 Å². The van der Waals surface area contributed by atoms with Crippen molar-refractivity contribution in [1.29, 1.82) is 0 Å². The van der Waals surface area contributed by atoms with Crippen molar-refractivity contribution in [2.75, 3.05) is 32.7 Å². The van der Waals surface area contributed by atoms with Crippen molar-refractivity contribution in [3.8, 4) is 0 Å². The molecule has 7 nitrogen and oxygen atoms in total. The Morgan fingerprint density at radius 2 is 1.86 bits per heavy atom. The van der Waals surface area contributed by atoms with Crippen LogP contribution in [0.3, 0.4) is 0 Å². The molecule has 0 saturated carbocycles. The number of aromatic nitrogens is 5. The van der Waals surface area contributed by atoms with Crippen molar-refractivity contribution in [3.63, 3.8) is 0 Å². The van der Waals surface area contributed by atoms with Crippen LogP contribution in [0.25, 0.3) is 10.9 Å². The molecule has 7 heteroatoms. The number of hydrogen-bond donors (Lipinski definition) is 0. The van der Waals surface area contributed by atoms with Gasteiger partial charge < -0.3 is 4.90 Å². The number of piperazine rings is 1. The Morgan fingerprint density at radius 3 is 2.59 bits per heavy atom. The molecule has 0 radical (unpaired) electrons. The molecule has 3 heterocycles. The number of fused-ring (bicyclic) bond motifs is 1. The normalized spacial score (nSPS) is 17.7. The van der Waals surface area contributed by atoms with Crippen LogP contribution in [0.5, 0.6) is 0 Å². The third-order valence-corrected chi connectivity index (χ3v) is 6.34. The zero-order valence-electron chi connectivity index (χ0n) is 17.9. The zero-order valence-corrected chi connectivity index (χ0v) is 17.9. The van der Waals surface area contributed by atoms with Crippen molar-refractivity contribution in [2.45, 2.75) is 45.7 Å². The minimum absolute atomic E-state index is 0.0273. The Kier molecular flexibility index (Phi) is 5.61. The van der Waals surface area contributed by atoms with Crippen molar-refractivity contribution in [3.05, 3.63) is 47.9 Å². The fourth-order valence-corrected chi connectivity index (χ4v) is 4.07. The van der Waals surface area contributed by atoms with Crippen LogP contribution in [0.1, 0.15) is 51.5 Å². The molecule has 0 bridgehead atoms. The Labute approximate surface area is 172 Å². The van der Waals surface area contributed by atoms with Crippen molar-refractivity contribution >= 4 is 10.9 Å². The van der Waals surface area contributed by atoms with E-state index >= 15 is 0 Å². The SMILES string of the molecule is CCN1CCN([C@H](c2ccc3ncccc3c2)c2nnnn2C(C)(C)CC)CC1. The van der Waals surface area contributed by atoms with Crippen LogP contribution in [0, 0.1) is 0 Å². The molecular formula is C22H31N7. The van der Waals surface area contributed by atoms with Gasteiger partial charge in [-0.25, -0.2) is 4.68 Å². The van der Waals surface area contributed by atoms with Gasteiger partial charge in [0.2, 0.25) is 0 Å². The summed E-state index contributed by atoms with van der Waals surface area (Å²) in [5.74, 6) is 0.921. The van der Waals surface area contributed by atoms with Crippen LogP contribution >= 0.6 is 0 Å². The smallest absolute Gasteiger partial charge is 0.173 e. The maximum absolute atomic E-state index is 4.53. The molecule has 1 fully saturated rings. The number of tetrazole rings is 1. The van der Waals surface area contributed by atoms with E-state index in [4.69, 9.17) is 0 Å². The largest absolute Gasteiger partial charge is 0.301 e. The van der Waals surface area contributed by atoms with E-state index in [1.807, 2.05) is 16.9 Å². The molecular weight excluding hydrogens is 362 g/mol. The molecule has 4 rings (SSSR count). The highest BCUT2D eigenvalue weighted by atomic mass is 15.6. The predicted octanol–water partition coefficient (Wildman–Crippen LogP) is 3.09. The summed E-state index contributed by atoms with van der Waals surface area (Å²) < 4.78 is 2.03. The van der Waals surface area contributed by atoms with Crippen molar-refractivity contribution in [2.24, 2.45) is 0 Å². The molecule has 0 aliphatic carbocycles. The molecule has 154 valence electrons. The van der Waals surface area contributed by atoms with E-state index in [-0.39, 0.29) is 11.6 Å². The summed E-state index contributed by atoms with van der Waals surface area (Å²) in [6, 6.07) is 10.7. The molecule has 1 aromatic carbocycles. The van der Waals surface area contributed by atoms with Crippen molar-refractivity contribution < 1.29 is 0 Å². The van der Waals surface area contributed by atoms with E-state index in [1.165, 1.54) is 5.56 Å². The van der Waals surface area contributed by atoms with Crippen LogP contribution in [-0.2, 0) is 5.54 Å². The first-order valence-corrected chi connectivity index (χ1v) is 10.6. The highest BCUT2D eigenvalue weighted by molar-refractivity contribution is 5.79. The van der Waals surface area contributed by atoms with E-state index in [0.717, 1.165) is 55.9 Å². The minimum Gasteiger partial charge on any atom is -0.301 e. The summed E-state index contributed by atoms with van der Waals surface area (Å²) in [5, 5.41) is 14.2. The Morgan fingerprint density at radius 1 is 1.07 bits per heavy atom. The van der Waals surface area contributed by atoms with Gasteiger partial charge in [0.25, 0.3) is 0 Å². The summed E-state index contributed by atoms with van der Waals surface area (Å²) in [4.78, 5) is 9.50. The van der Waals surface area contributed by atoms with Gasteiger partial charge in [0.05, 0.1) is 17.1 Å². The third kappa shape index (κ3) is 3.89.